The summed E-state index contributed by atoms with van der Waals surface area (Å²) in [5.74, 6) is 0.402. The van der Waals surface area contributed by atoms with Crippen LogP contribution >= 0.6 is 48.0 Å². The van der Waals surface area contributed by atoms with Gasteiger partial charge in [0.05, 0.1) is 24.0 Å². The summed E-state index contributed by atoms with van der Waals surface area (Å²) in [5.41, 5.74) is -2.03. The van der Waals surface area contributed by atoms with Gasteiger partial charge in [-0.25, -0.2) is 11.4 Å². The summed E-state index contributed by atoms with van der Waals surface area (Å²) in [6, 6.07) is 2.09. The lowest BCUT2D eigenvalue weighted by molar-refractivity contribution is -0.137. The van der Waals surface area contributed by atoms with Crippen LogP contribution in [-0.2, 0) is 19.1 Å². The highest BCUT2D eigenvalue weighted by molar-refractivity contribution is 8.24. The predicted molar refractivity (Wildman–Crippen MR) is 215 cm³/mol. The molecule has 0 fully saturated rings. The van der Waals surface area contributed by atoms with Gasteiger partial charge < -0.3 is 24.7 Å². The summed E-state index contributed by atoms with van der Waals surface area (Å²) in [6.45, 7) is 26.8. The number of hydrogen-bond donors (Lipinski definition) is 2. The lowest BCUT2D eigenvalue weighted by Gasteiger charge is -2.25. The van der Waals surface area contributed by atoms with Crippen molar-refractivity contribution in [1.82, 2.24) is 9.80 Å². The number of thioether (sulfide) groups is 2. The fourth-order valence-corrected chi connectivity index (χ4v) is 4.96. The zero-order valence-corrected chi connectivity index (χ0v) is 35.6. The maximum absolute atomic E-state index is 11.6. The highest BCUT2D eigenvalue weighted by Gasteiger charge is 2.31. The van der Waals surface area contributed by atoms with E-state index in [1.54, 1.807) is 25.7 Å². The van der Waals surface area contributed by atoms with Crippen molar-refractivity contribution >= 4 is 74.1 Å². The van der Waals surface area contributed by atoms with E-state index in [0.717, 1.165) is 10.4 Å². The van der Waals surface area contributed by atoms with Crippen molar-refractivity contribution in [3.05, 3.63) is 24.1 Å². The lowest BCUT2D eigenvalue weighted by Crippen LogP contribution is -2.32. The number of rotatable bonds is 15. The highest BCUT2D eigenvalue weighted by atomic mass is 32.2. The SMILES string of the molecule is C=CC(=O)OCC.CN(C)C(=S)SC(C)(C)C(=O)CCO.CN(C)C(=S)SCC(C)(C)C(=O)CCO.[C-]#[N+]C(C)(CC)N=NC(C)(C#N)CC. The van der Waals surface area contributed by atoms with E-state index in [1.165, 1.54) is 23.5 Å². The molecule has 286 valence electrons. The van der Waals surface area contributed by atoms with Crippen molar-refractivity contribution in [2.75, 3.05) is 53.8 Å². The van der Waals surface area contributed by atoms with Crippen molar-refractivity contribution in [2.45, 2.75) is 104 Å². The predicted octanol–water partition coefficient (Wildman–Crippen LogP) is 6.75. The quantitative estimate of drug-likeness (QED) is 0.0592. The first-order valence-electron chi connectivity index (χ1n) is 15.9. The van der Waals surface area contributed by atoms with E-state index in [1.807, 2.05) is 74.6 Å². The summed E-state index contributed by atoms with van der Waals surface area (Å²) in [6.07, 6.45) is 2.76. The third-order valence-electron chi connectivity index (χ3n) is 6.51. The van der Waals surface area contributed by atoms with Gasteiger partial charge in [-0.15, -0.1) is 5.11 Å². The van der Waals surface area contributed by atoms with E-state index in [9.17, 15) is 14.4 Å². The smallest absolute Gasteiger partial charge is 0.337 e. The standard InChI is InChI=1S/C10H16N4.C10H19NO2S2.C9H17NO2S2.C5H8O2/c1-6-9(3,8-11)13-14-10(4,7-2)12-5;1-10(2,8(13)5-6-12)7-15-9(14)11(3)4;1-9(2,7(12)5-6-11)14-8(13)10(3)4;1-3-5(6)7-4-2/h6-7H2,1-4H3;12H,5-7H2,1-4H3;11H,5-6H2,1-4H3;3H,1,4H2,2H3. The molecule has 0 rings (SSSR count). The molecule has 12 nitrogen and oxygen atoms in total. The van der Waals surface area contributed by atoms with Crippen LogP contribution in [0, 0.1) is 23.3 Å². The Bertz CT molecular complexity index is 1170. The van der Waals surface area contributed by atoms with Gasteiger partial charge in [0.1, 0.15) is 14.4 Å². The van der Waals surface area contributed by atoms with Gasteiger partial charge in [0.25, 0.3) is 0 Å². The number of ketones is 2. The largest absolute Gasteiger partial charge is 0.463 e. The maximum atomic E-state index is 11.6. The van der Waals surface area contributed by atoms with Crippen molar-refractivity contribution in [3.8, 4) is 6.07 Å². The van der Waals surface area contributed by atoms with E-state index < -0.39 is 21.4 Å². The zero-order valence-electron chi connectivity index (χ0n) is 32.3. The van der Waals surface area contributed by atoms with E-state index in [4.69, 9.17) is 46.5 Å². The molecule has 0 heterocycles. The Labute approximate surface area is 320 Å². The Hall–Kier alpha value is -2.47. The maximum Gasteiger partial charge on any atom is 0.337 e. The molecule has 0 amide bonds. The van der Waals surface area contributed by atoms with Gasteiger partial charge in [-0.1, -0.05) is 82.2 Å². The Balaban J connectivity index is -0.000000290. The fraction of sp³-hybridized carbons (Fsp3) is 0.735. The summed E-state index contributed by atoms with van der Waals surface area (Å²) >= 11 is 13.1. The normalized spacial score (nSPS) is 13.0. The number of ether oxygens (including phenoxy) is 1. The monoisotopic (exact) mass is 776 g/mol. The Morgan fingerprint density at radius 2 is 1.40 bits per heavy atom. The molecule has 0 aromatic heterocycles. The van der Waals surface area contributed by atoms with E-state index in [2.05, 4.69) is 32.5 Å². The number of carbonyl (C=O) groups is 3. The summed E-state index contributed by atoms with van der Waals surface area (Å²) in [7, 11) is 7.47. The van der Waals surface area contributed by atoms with Crippen molar-refractivity contribution in [1.29, 1.82) is 5.26 Å². The fourth-order valence-electron chi connectivity index (χ4n) is 2.42. The molecular weight excluding hydrogens is 717 g/mol. The van der Waals surface area contributed by atoms with Gasteiger partial charge in [0, 0.05) is 78.2 Å². The average molecular weight is 777 g/mol. The van der Waals surface area contributed by atoms with Crippen LogP contribution in [0.5, 0.6) is 0 Å². The topological polar surface area (TPSA) is 160 Å². The van der Waals surface area contributed by atoms with Crippen LogP contribution in [0.4, 0.5) is 0 Å². The van der Waals surface area contributed by atoms with Gasteiger partial charge in [-0.05, 0) is 34.1 Å². The van der Waals surface area contributed by atoms with Crippen LogP contribution < -0.4 is 0 Å². The van der Waals surface area contributed by atoms with E-state index in [-0.39, 0.29) is 43.6 Å². The Kier molecular flexibility index (Phi) is 30.6. The van der Waals surface area contributed by atoms with Crippen LogP contribution in [0.3, 0.4) is 0 Å². The van der Waals surface area contributed by atoms with Gasteiger partial charge in [-0.2, -0.15) is 10.4 Å². The van der Waals surface area contributed by atoms with E-state index in [0.29, 0.717) is 29.5 Å². The van der Waals surface area contributed by atoms with Crippen molar-refractivity contribution in [3.63, 3.8) is 0 Å². The van der Waals surface area contributed by atoms with E-state index >= 15 is 0 Å². The summed E-state index contributed by atoms with van der Waals surface area (Å²) in [5, 5.41) is 34.1. The molecule has 50 heavy (non-hydrogen) atoms. The third kappa shape index (κ3) is 26.4. The number of hydrogen-bond acceptors (Lipinski definition) is 13. The molecule has 2 N–H and O–H groups in total. The minimum atomic E-state index is -0.812. The molecule has 16 heteroatoms. The molecular formula is C34H60N6O6S4. The second-order valence-electron chi connectivity index (χ2n) is 12.5. The minimum Gasteiger partial charge on any atom is -0.463 e. The molecule has 0 radical (unpaired) electrons. The number of thiocarbonyl (C=S) groups is 2. The third-order valence-corrected chi connectivity index (χ3v) is 10.6. The number of nitrogens with zero attached hydrogens (tertiary/aromatic N) is 6. The number of nitriles is 1. The molecule has 0 aromatic rings. The number of aliphatic hydroxyl groups excluding tert-OH is 2. The number of Topliss-reactive ketones (excluding diaryl/α,β-unsaturated/α-hetero) is 2. The molecule has 0 aliphatic heterocycles. The number of esters is 1. The number of aliphatic hydroxyl groups is 2. The first-order valence-corrected chi connectivity index (χ1v) is 18.6. The van der Waals surface area contributed by atoms with Crippen LogP contribution in [0.2, 0.25) is 0 Å². The Morgan fingerprint density at radius 3 is 1.72 bits per heavy atom. The van der Waals surface area contributed by atoms with Crippen LogP contribution in [0.25, 0.3) is 4.85 Å². The molecule has 0 aliphatic carbocycles. The first kappa shape index (κ1) is 54.3. The first-order chi connectivity index (χ1) is 22.9. The lowest BCUT2D eigenvalue weighted by atomic mass is 9.89. The molecule has 0 saturated carbocycles. The van der Waals surface area contributed by atoms with Crippen molar-refractivity contribution < 1.29 is 29.3 Å². The summed E-state index contributed by atoms with van der Waals surface area (Å²) < 4.78 is 5.34. The van der Waals surface area contributed by atoms with Crippen LogP contribution in [0.1, 0.15) is 88.0 Å². The number of carbonyl (C=O) groups excluding carboxylic acids is 3. The zero-order chi connectivity index (χ0) is 40.4. The Morgan fingerprint density at radius 1 is 0.920 bits per heavy atom. The second-order valence-corrected chi connectivity index (χ2v) is 16.3. The molecule has 2 atom stereocenters. The summed E-state index contributed by atoms with van der Waals surface area (Å²) in [4.78, 5) is 40.3. The molecule has 2 unspecified atom stereocenters. The van der Waals surface area contributed by atoms with Gasteiger partial charge in [-0.3, -0.25) is 14.4 Å². The van der Waals surface area contributed by atoms with Gasteiger partial charge in [0.15, 0.2) is 11.3 Å². The molecule has 0 aromatic carbocycles. The van der Waals surface area contributed by atoms with Gasteiger partial charge in [0.2, 0.25) is 0 Å². The average Bonchev–Trinajstić information content (AvgIpc) is 3.06. The van der Waals surface area contributed by atoms with Crippen molar-refractivity contribution in [2.24, 2.45) is 15.6 Å². The van der Waals surface area contributed by atoms with Crippen LogP contribution in [0.15, 0.2) is 22.9 Å². The highest BCUT2D eigenvalue weighted by Crippen LogP contribution is 2.29. The molecule has 0 saturated heterocycles. The molecule has 0 spiro atoms. The molecule has 0 aliphatic rings. The van der Waals surface area contributed by atoms with Gasteiger partial charge >= 0.3 is 11.6 Å². The molecule has 0 bridgehead atoms. The minimum absolute atomic E-state index is 0.0224. The second kappa shape index (κ2) is 28.2. The number of azo groups is 1. The van der Waals surface area contributed by atoms with Crippen LogP contribution in [-0.4, -0.2) is 116 Å².